The second kappa shape index (κ2) is 7.43. The van der Waals surface area contributed by atoms with E-state index in [1.165, 1.54) is 6.42 Å². The van der Waals surface area contributed by atoms with Crippen LogP contribution in [-0.2, 0) is 9.59 Å². The molecule has 0 unspecified atom stereocenters. The first-order chi connectivity index (χ1) is 11.6. The summed E-state index contributed by atoms with van der Waals surface area (Å²) in [4.78, 5) is 26.6. The second-order valence-electron chi connectivity index (χ2n) is 6.57. The molecular formula is C18H23ClN2O3. The van der Waals surface area contributed by atoms with Crippen molar-refractivity contribution in [3.8, 4) is 5.75 Å². The van der Waals surface area contributed by atoms with Gasteiger partial charge in [-0.2, -0.15) is 0 Å². The van der Waals surface area contributed by atoms with E-state index >= 15 is 0 Å². The number of anilines is 1. The number of rotatable bonds is 4. The molecule has 1 N–H and O–H groups in total. The number of ether oxygens (including phenoxy) is 1. The summed E-state index contributed by atoms with van der Waals surface area (Å²) >= 11 is 6.08. The van der Waals surface area contributed by atoms with E-state index in [0.717, 1.165) is 12.8 Å². The van der Waals surface area contributed by atoms with Crippen LogP contribution in [-0.4, -0.2) is 36.9 Å². The van der Waals surface area contributed by atoms with Crippen molar-refractivity contribution in [3.05, 3.63) is 23.2 Å². The SMILES string of the molecule is COc1ccc(NC(=O)C2CCN(C(=O)C3CCC3)CC2)cc1Cl. The third kappa shape index (κ3) is 3.66. The summed E-state index contributed by atoms with van der Waals surface area (Å²) in [5.74, 6) is 1.03. The lowest BCUT2D eigenvalue weighted by Gasteiger charge is -2.36. The molecule has 2 aliphatic rings. The summed E-state index contributed by atoms with van der Waals surface area (Å²) in [7, 11) is 1.55. The topological polar surface area (TPSA) is 58.6 Å². The van der Waals surface area contributed by atoms with Crippen molar-refractivity contribution in [1.82, 2.24) is 4.90 Å². The number of carbonyl (C=O) groups excluding carboxylic acids is 2. The summed E-state index contributed by atoms with van der Waals surface area (Å²) < 4.78 is 5.11. The largest absolute Gasteiger partial charge is 0.495 e. The average molecular weight is 351 g/mol. The van der Waals surface area contributed by atoms with Crippen molar-refractivity contribution in [2.75, 3.05) is 25.5 Å². The summed E-state index contributed by atoms with van der Waals surface area (Å²) in [5, 5.41) is 3.38. The molecule has 1 heterocycles. The van der Waals surface area contributed by atoms with E-state index in [1.54, 1.807) is 25.3 Å². The van der Waals surface area contributed by atoms with Gasteiger partial charge in [-0.1, -0.05) is 18.0 Å². The van der Waals surface area contributed by atoms with E-state index in [4.69, 9.17) is 16.3 Å². The number of amides is 2. The number of methoxy groups -OCH3 is 1. The van der Waals surface area contributed by atoms with Gasteiger partial charge in [-0.3, -0.25) is 9.59 Å². The predicted octanol–water partition coefficient (Wildman–Crippen LogP) is 3.33. The zero-order valence-electron chi connectivity index (χ0n) is 13.9. The lowest BCUT2D eigenvalue weighted by atomic mass is 9.83. The Bertz CT molecular complexity index is 623. The summed E-state index contributed by atoms with van der Waals surface area (Å²) in [6, 6.07) is 5.20. The van der Waals surface area contributed by atoms with Crippen LogP contribution in [0.15, 0.2) is 18.2 Å². The standard InChI is InChI=1S/C18H23ClN2O3/c1-24-16-6-5-14(11-15(16)19)20-17(22)12-7-9-21(10-8-12)18(23)13-3-2-4-13/h5-6,11-13H,2-4,7-10H2,1H3,(H,20,22). The van der Waals surface area contributed by atoms with Gasteiger partial charge in [0.2, 0.25) is 11.8 Å². The van der Waals surface area contributed by atoms with Crippen LogP contribution in [0.2, 0.25) is 5.02 Å². The number of hydrogen-bond acceptors (Lipinski definition) is 3. The first kappa shape index (κ1) is 17.1. The smallest absolute Gasteiger partial charge is 0.227 e. The highest BCUT2D eigenvalue weighted by molar-refractivity contribution is 6.32. The molecular weight excluding hydrogens is 328 g/mol. The molecule has 3 rings (SSSR count). The highest BCUT2D eigenvalue weighted by Crippen LogP contribution is 2.31. The Morgan fingerprint density at radius 3 is 2.42 bits per heavy atom. The van der Waals surface area contributed by atoms with Gasteiger partial charge in [0, 0.05) is 30.6 Å². The first-order valence-electron chi connectivity index (χ1n) is 8.51. The fourth-order valence-electron chi connectivity index (χ4n) is 3.26. The van der Waals surface area contributed by atoms with Gasteiger partial charge >= 0.3 is 0 Å². The summed E-state index contributed by atoms with van der Waals surface area (Å²) in [5.41, 5.74) is 0.666. The number of benzene rings is 1. The molecule has 2 fully saturated rings. The Kier molecular flexibility index (Phi) is 5.29. The van der Waals surface area contributed by atoms with E-state index in [-0.39, 0.29) is 23.7 Å². The average Bonchev–Trinajstić information content (AvgIpc) is 2.53. The fourth-order valence-corrected chi connectivity index (χ4v) is 3.52. The van der Waals surface area contributed by atoms with Gasteiger partial charge in [0.25, 0.3) is 0 Å². The van der Waals surface area contributed by atoms with Crippen LogP contribution < -0.4 is 10.1 Å². The van der Waals surface area contributed by atoms with Crippen LogP contribution in [0.5, 0.6) is 5.75 Å². The molecule has 0 radical (unpaired) electrons. The third-order valence-corrected chi connectivity index (χ3v) is 5.35. The van der Waals surface area contributed by atoms with Crippen molar-refractivity contribution in [1.29, 1.82) is 0 Å². The molecule has 24 heavy (non-hydrogen) atoms. The number of carbonyl (C=O) groups is 2. The fraction of sp³-hybridized carbons (Fsp3) is 0.556. The zero-order chi connectivity index (χ0) is 17.1. The minimum Gasteiger partial charge on any atom is -0.495 e. The lowest BCUT2D eigenvalue weighted by Crippen LogP contribution is -2.45. The Balaban J connectivity index is 1.51. The van der Waals surface area contributed by atoms with Crippen LogP contribution in [0, 0.1) is 11.8 Å². The Morgan fingerprint density at radius 2 is 1.88 bits per heavy atom. The van der Waals surface area contributed by atoms with Crippen LogP contribution in [0.3, 0.4) is 0 Å². The van der Waals surface area contributed by atoms with E-state index < -0.39 is 0 Å². The number of halogens is 1. The van der Waals surface area contributed by atoms with Crippen molar-refractivity contribution < 1.29 is 14.3 Å². The van der Waals surface area contributed by atoms with Gasteiger partial charge in [-0.15, -0.1) is 0 Å². The van der Waals surface area contributed by atoms with Gasteiger partial charge in [-0.25, -0.2) is 0 Å². The van der Waals surface area contributed by atoms with E-state index in [0.29, 0.717) is 42.4 Å². The predicted molar refractivity (Wildman–Crippen MR) is 93.3 cm³/mol. The maximum Gasteiger partial charge on any atom is 0.227 e. The zero-order valence-corrected chi connectivity index (χ0v) is 14.6. The quantitative estimate of drug-likeness (QED) is 0.906. The third-order valence-electron chi connectivity index (χ3n) is 5.05. The van der Waals surface area contributed by atoms with Gasteiger partial charge < -0.3 is 15.0 Å². The first-order valence-corrected chi connectivity index (χ1v) is 8.89. The van der Waals surface area contributed by atoms with Crippen LogP contribution >= 0.6 is 11.6 Å². The molecule has 0 aromatic heterocycles. The van der Waals surface area contributed by atoms with Gasteiger partial charge in [0.1, 0.15) is 5.75 Å². The van der Waals surface area contributed by atoms with Crippen molar-refractivity contribution >= 4 is 29.1 Å². The molecule has 1 saturated heterocycles. The summed E-state index contributed by atoms with van der Waals surface area (Å²) in [6.07, 6.45) is 4.65. The van der Waals surface area contributed by atoms with Crippen molar-refractivity contribution in [3.63, 3.8) is 0 Å². The minimum atomic E-state index is -0.0590. The molecule has 6 heteroatoms. The molecule has 2 amide bonds. The molecule has 0 bridgehead atoms. The van der Waals surface area contributed by atoms with Gasteiger partial charge in [0.05, 0.1) is 12.1 Å². The highest BCUT2D eigenvalue weighted by atomic mass is 35.5. The van der Waals surface area contributed by atoms with Crippen LogP contribution in [0.25, 0.3) is 0 Å². The molecule has 0 spiro atoms. The molecule has 1 aromatic rings. The van der Waals surface area contributed by atoms with E-state index in [1.807, 2.05) is 4.90 Å². The molecule has 1 saturated carbocycles. The van der Waals surface area contributed by atoms with Crippen molar-refractivity contribution in [2.24, 2.45) is 11.8 Å². The van der Waals surface area contributed by atoms with Crippen molar-refractivity contribution in [2.45, 2.75) is 32.1 Å². The maximum absolute atomic E-state index is 12.4. The molecule has 1 aliphatic carbocycles. The number of piperidine rings is 1. The van der Waals surface area contributed by atoms with Crippen LogP contribution in [0.1, 0.15) is 32.1 Å². The number of nitrogens with one attached hydrogen (secondary N) is 1. The highest BCUT2D eigenvalue weighted by Gasteiger charge is 2.33. The molecule has 1 aliphatic heterocycles. The monoisotopic (exact) mass is 350 g/mol. The van der Waals surface area contributed by atoms with Gasteiger partial charge in [0.15, 0.2) is 0 Å². The molecule has 1 aromatic carbocycles. The van der Waals surface area contributed by atoms with Gasteiger partial charge in [-0.05, 0) is 43.9 Å². The second-order valence-corrected chi connectivity index (χ2v) is 6.97. The summed E-state index contributed by atoms with van der Waals surface area (Å²) in [6.45, 7) is 1.35. The number of likely N-dealkylation sites (tertiary alicyclic amines) is 1. The molecule has 0 atom stereocenters. The molecule has 5 nitrogen and oxygen atoms in total. The minimum absolute atomic E-state index is 0.00743. The Morgan fingerprint density at radius 1 is 1.17 bits per heavy atom. The number of nitrogens with zero attached hydrogens (tertiary/aromatic N) is 1. The maximum atomic E-state index is 12.4. The van der Waals surface area contributed by atoms with E-state index in [9.17, 15) is 9.59 Å². The Hall–Kier alpha value is -1.75. The number of hydrogen-bond donors (Lipinski definition) is 1. The normalized spacial score (nSPS) is 18.8. The van der Waals surface area contributed by atoms with Crippen LogP contribution in [0.4, 0.5) is 5.69 Å². The Labute approximate surface area is 147 Å². The van der Waals surface area contributed by atoms with E-state index in [2.05, 4.69) is 5.32 Å². The molecule has 130 valence electrons. The lowest BCUT2D eigenvalue weighted by molar-refractivity contribution is -0.140.